The molecule has 0 saturated heterocycles. The van der Waals surface area contributed by atoms with Crippen molar-refractivity contribution in [2.75, 3.05) is 0 Å². The monoisotopic (exact) mass is 298 g/mol. The van der Waals surface area contributed by atoms with Crippen molar-refractivity contribution in [3.05, 3.63) is 22.7 Å². The van der Waals surface area contributed by atoms with E-state index in [9.17, 15) is 13.2 Å². The summed E-state index contributed by atoms with van der Waals surface area (Å²) in [5.41, 5.74) is 0. The Hall–Kier alpha value is -0.910. The van der Waals surface area contributed by atoms with E-state index < -0.39 is 6.36 Å². The Morgan fingerprint density at radius 2 is 1.88 bits per heavy atom. The van der Waals surface area contributed by atoms with E-state index in [2.05, 4.69) is 20.7 Å². The molecule has 0 aliphatic heterocycles. The lowest BCUT2D eigenvalue weighted by molar-refractivity contribution is -0.274. The van der Waals surface area contributed by atoms with E-state index in [-0.39, 0.29) is 16.3 Å². The first-order chi connectivity index (χ1) is 7.28. The van der Waals surface area contributed by atoms with E-state index in [1.807, 2.05) is 0 Å². The molecule has 0 fully saturated rings. The van der Waals surface area contributed by atoms with E-state index in [1.165, 1.54) is 12.1 Å². The molecule has 1 aromatic rings. The van der Waals surface area contributed by atoms with Gasteiger partial charge in [-0.05, 0) is 41.9 Å². The highest BCUT2D eigenvalue weighted by atomic mass is 79.9. The quantitative estimate of drug-likeness (QED) is 0.835. The molecule has 0 saturated carbocycles. The molecule has 1 rings (SSSR count). The molecule has 0 N–H and O–H groups in total. The summed E-state index contributed by atoms with van der Waals surface area (Å²) < 4.78 is 45.4. The lowest BCUT2D eigenvalue weighted by Gasteiger charge is -2.14. The average Bonchev–Trinajstić information content (AvgIpc) is 2.07. The number of ether oxygens (including phenoxy) is 2. The van der Waals surface area contributed by atoms with Crippen molar-refractivity contribution in [3.63, 3.8) is 0 Å². The van der Waals surface area contributed by atoms with Crippen LogP contribution >= 0.6 is 15.9 Å². The first-order valence-electron chi connectivity index (χ1n) is 4.50. The molecule has 1 aromatic carbocycles. The minimum Gasteiger partial charge on any atom is -0.491 e. The molecule has 0 heterocycles. The SMILES string of the molecule is CC(C)Oc1ccc(Br)c(OC(F)(F)F)c1. The van der Waals surface area contributed by atoms with Crippen molar-refractivity contribution in [1.82, 2.24) is 0 Å². The highest BCUT2D eigenvalue weighted by Crippen LogP contribution is 2.33. The number of alkyl halides is 3. The Morgan fingerprint density at radius 1 is 1.25 bits per heavy atom. The van der Waals surface area contributed by atoms with Crippen molar-refractivity contribution in [2.45, 2.75) is 26.3 Å². The van der Waals surface area contributed by atoms with Crippen molar-refractivity contribution in [3.8, 4) is 11.5 Å². The second kappa shape index (κ2) is 4.95. The van der Waals surface area contributed by atoms with E-state index in [1.54, 1.807) is 19.9 Å². The summed E-state index contributed by atoms with van der Waals surface area (Å²) >= 11 is 2.97. The standard InChI is InChI=1S/C10H10BrF3O2/c1-6(2)15-7-3-4-8(11)9(5-7)16-10(12,13)14/h3-6H,1-2H3. The first kappa shape index (κ1) is 13.2. The Kier molecular flexibility index (Phi) is 4.07. The maximum atomic E-state index is 12.0. The molecule has 6 heteroatoms. The molecule has 0 aliphatic carbocycles. The summed E-state index contributed by atoms with van der Waals surface area (Å²) in [4.78, 5) is 0. The summed E-state index contributed by atoms with van der Waals surface area (Å²) in [6, 6.07) is 4.20. The van der Waals surface area contributed by atoms with Gasteiger partial charge in [0, 0.05) is 6.07 Å². The summed E-state index contributed by atoms with van der Waals surface area (Å²) in [7, 11) is 0. The largest absolute Gasteiger partial charge is 0.573 e. The summed E-state index contributed by atoms with van der Waals surface area (Å²) in [5.74, 6) is 0.0168. The molecule has 0 spiro atoms. The van der Waals surface area contributed by atoms with Crippen molar-refractivity contribution in [1.29, 1.82) is 0 Å². The maximum Gasteiger partial charge on any atom is 0.573 e. The van der Waals surface area contributed by atoms with Gasteiger partial charge in [0.2, 0.25) is 0 Å². The zero-order valence-electron chi connectivity index (χ0n) is 8.64. The summed E-state index contributed by atoms with van der Waals surface area (Å²) in [6.07, 6.45) is -4.82. The van der Waals surface area contributed by atoms with Crippen molar-refractivity contribution in [2.24, 2.45) is 0 Å². The van der Waals surface area contributed by atoms with Gasteiger partial charge in [-0.2, -0.15) is 0 Å². The van der Waals surface area contributed by atoms with Crippen LogP contribution in [-0.2, 0) is 0 Å². The van der Waals surface area contributed by atoms with Crippen LogP contribution in [0.5, 0.6) is 11.5 Å². The number of benzene rings is 1. The fourth-order valence-corrected chi connectivity index (χ4v) is 1.36. The van der Waals surface area contributed by atoms with Gasteiger partial charge < -0.3 is 9.47 Å². The van der Waals surface area contributed by atoms with E-state index in [0.717, 1.165) is 0 Å². The minimum atomic E-state index is -4.71. The normalized spacial score (nSPS) is 11.7. The van der Waals surface area contributed by atoms with Crippen LogP contribution in [-0.4, -0.2) is 12.5 Å². The lowest BCUT2D eigenvalue weighted by Crippen LogP contribution is -2.17. The molecule has 90 valence electrons. The van der Waals surface area contributed by atoms with Gasteiger partial charge in [-0.15, -0.1) is 13.2 Å². The Bertz CT molecular complexity index is 364. The van der Waals surface area contributed by atoms with Gasteiger partial charge in [0.15, 0.2) is 0 Å². The van der Waals surface area contributed by atoms with Gasteiger partial charge in [0.05, 0.1) is 10.6 Å². The molecule has 2 nitrogen and oxygen atoms in total. The molecule has 0 unspecified atom stereocenters. The zero-order chi connectivity index (χ0) is 12.3. The van der Waals surface area contributed by atoms with Gasteiger partial charge in [-0.1, -0.05) is 0 Å². The van der Waals surface area contributed by atoms with Gasteiger partial charge >= 0.3 is 6.36 Å². The van der Waals surface area contributed by atoms with Gasteiger partial charge in [-0.25, -0.2) is 0 Å². The van der Waals surface area contributed by atoms with Crippen LogP contribution in [0.1, 0.15) is 13.8 Å². The van der Waals surface area contributed by atoms with Crippen LogP contribution in [0.25, 0.3) is 0 Å². The van der Waals surface area contributed by atoms with E-state index in [4.69, 9.17) is 4.74 Å². The van der Waals surface area contributed by atoms with Gasteiger partial charge in [-0.3, -0.25) is 0 Å². The van der Waals surface area contributed by atoms with Crippen LogP contribution in [0.4, 0.5) is 13.2 Å². The van der Waals surface area contributed by atoms with Gasteiger partial charge in [0.1, 0.15) is 11.5 Å². The highest BCUT2D eigenvalue weighted by Gasteiger charge is 2.32. The summed E-state index contributed by atoms with van der Waals surface area (Å²) in [6.45, 7) is 3.57. The van der Waals surface area contributed by atoms with E-state index in [0.29, 0.717) is 5.75 Å². The second-order valence-electron chi connectivity index (χ2n) is 3.31. The Balaban J connectivity index is 2.90. The molecule has 0 amide bonds. The van der Waals surface area contributed by atoms with Crippen LogP contribution in [0, 0.1) is 0 Å². The minimum absolute atomic E-state index is 0.111. The van der Waals surface area contributed by atoms with Crippen LogP contribution in [0.15, 0.2) is 22.7 Å². The second-order valence-corrected chi connectivity index (χ2v) is 4.16. The number of rotatable bonds is 3. The zero-order valence-corrected chi connectivity index (χ0v) is 10.2. The van der Waals surface area contributed by atoms with Gasteiger partial charge in [0.25, 0.3) is 0 Å². The smallest absolute Gasteiger partial charge is 0.491 e. The predicted molar refractivity (Wildman–Crippen MR) is 56.6 cm³/mol. The molecular weight excluding hydrogens is 289 g/mol. The average molecular weight is 299 g/mol. The predicted octanol–water partition coefficient (Wildman–Crippen LogP) is 4.13. The molecule has 0 bridgehead atoms. The topological polar surface area (TPSA) is 18.5 Å². The third-order valence-corrected chi connectivity index (χ3v) is 2.16. The summed E-state index contributed by atoms with van der Waals surface area (Å²) in [5, 5.41) is 0. The number of hydrogen-bond donors (Lipinski definition) is 0. The van der Waals surface area contributed by atoms with Crippen LogP contribution in [0.3, 0.4) is 0 Å². The Morgan fingerprint density at radius 3 is 2.38 bits per heavy atom. The highest BCUT2D eigenvalue weighted by molar-refractivity contribution is 9.10. The fraction of sp³-hybridized carbons (Fsp3) is 0.400. The third-order valence-electron chi connectivity index (χ3n) is 1.50. The van der Waals surface area contributed by atoms with Crippen LogP contribution < -0.4 is 9.47 Å². The third kappa shape index (κ3) is 4.30. The molecule has 0 aliphatic rings. The molecular formula is C10H10BrF3O2. The molecule has 16 heavy (non-hydrogen) atoms. The maximum absolute atomic E-state index is 12.0. The molecule has 0 radical (unpaired) electrons. The first-order valence-corrected chi connectivity index (χ1v) is 5.29. The molecule has 0 atom stereocenters. The lowest BCUT2D eigenvalue weighted by atomic mass is 10.3. The van der Waals surface area contributed by atoms with Crippen LogP contribution in [0.2, 0.25) is 0 Å². The number of halogens is 4. The fourth-order valence-electron chi connectivity index (χ4n) is 1.03. The number of hydrogen-bond acceptors (Lipinski definition) is 2. The van der Waals surface area contributed by atoms with Crippen molar-refractivity contribution < 1.29 is 22.6 Å². The van der Waals surface area contributed by atoms with Crippen molar-refractivity contribution >= 4 is 15.9 Å². The van der Waals surface area contributed by atoms with E-state index >= 15 is 0 Å². The molecule has 0 aromatic heterocycles. The Labute approximate surface area is 99.5 Å².